The van der Waals surface area contributed by atoms with Crippen LogP contribution in [0.1, 0.15) is 64.5 Å². The number of nitrogens with one attached hydrogen (secondary N) is 3. The summed E-state index contributed by atoms with van der Waals surface area (Å²) in [5.41, 5.74) is 1.50. The zero-order valence-electron chi connectivity index (χ0n) is 17.9. The lowest BCUT2D eigenvalue weighted by Gasteiger charge is -2.39. The number of benzene rings is 1. The van der Waals surface area contributed by atoms with Gasteiger partial charge in [-0.25, -0.2) is 0 Å². The monoisotopic (exact) mass is 409 g/mol. The molecule has 4 atom stereocenters. The summed E-state index contributed by atoms with van der Waals surface area (Å²) < 4.78 is 5.73. The minimum absolute atomic E-state index is 0. The SMILES string of the molecule is CCC(CC)(CNC1CCCC1C1COCCN1)NC(C)c1ccccc1.Cl. The number of hydrogen-bond donors (Lipinski definition) is 3. The summed E-state index contributed by atoms with van der Waals surface area (Å²) in [6.07, 6.45) is 6.21. The first-order valence-electron chi connectivity index (χ1n) is 11.0. The van der Waals surface area contributed by atoms with Crippen molar-refractivity contribution in [1.29, 1.82) is 0 Å². The molecule has 1 aromatic carbocycles. The van der Waals surface area contributed by atoms with Crippen molar-refractivity contribution >= 4 is 12.4 Å². The van der Waals surface area contributed by atoms with Crippen molar-refractivity contribution in [2.45, 2.75) is 76.5 Å². The highest BCUT2D eigenvalue weighted by molar-refractivity contribution is 5.85. The van der Waals surface area contributed by atoms with Crippen LogP contribution in [0.25, 0.3) is 0 Å². The second kappa shape index (κ2) is 11.5. The molecule has 0 spiro atoms. The molecule has 3 rings (SSSR count). The van der Waals surface area contributed by atoms with Gasteiger partial charge in [0.05, 0.1) is 13.2 Å². The van der Waals surface area contributed by atoms with Crippen LogP contribution in [0.4, 0.5) is 0 Å². The van der Waals surface area contributed by atoms with Gasteiger partial charge in [0, 0.05) is 36.8 Å². The Bertz CT molecular complexity index is 546. The Morgan fingerprint density at radius 3 is 2.57 bits per heavy atom. The van der Waals surface area contributed by atoms with Crippen LogP contribution in [0, 0.1) is 5.92 Å². The normalized spacial score (nSPS) is 26.6. The Balaban J connectivity index is 0.00000280. The molecule has 1 heterocycles. The van der Waals surface area contributed by atoms with Crippen molar-refractivity contribution in [2.75, 3.05) is 26.3 Å². The molecule has 1 aliphatic heterocycles. The first-order chi connectivity index (χ1) is 13.2. The van der Waals surface area contributed by atoms with Crippen molar-refractivity contribution in [3.8, 4) is 0 Å². The standard InChI is InChI=1S/C23H39N3O.ClH/c1-4-23(5-2,26-18(3)19-10-7-6-8-11-19)17-25-21-13-9-12-20(21)22-16-27-15-14-24-22;/h6-8,10-11,18,20-22,24-26H,4-5,9,12-17H2,1-3H3;1H. The maximum Gasteiger partial charge on any atom is 0.0623 e. The minimum atomic E-state index is 0. The van der Waals surface area contributed by atoms with E-state index < -0.39 is 0 Å². The summed E-state index contributed by atoms with van der Waals surface area (Å²) in [6, 6.07) is 12.3. The fourth-order valence-corrected chi connectivity index (χ4v) is 4.95. The van der Waals surface area contributed by atoms with E-state index in [1.165, 1.54) is 24.8 Å². The van der Waals surface area contributed by atoms with Crippen molar-refractivity contribution in [2.24, 2.45) is 5.92 Å². The lowest BCUT2D eigenvalue weighted by atomic mass is 9.88. The fraction of sp³-hybridized carbons (Fsp3) is 0.739. The van der Waals surface area contributed by atoms with Crippen molar-refractivity contribution in [3.05, 3.63) is 35.9 Å². The number of rotatable bonds is 9. The average molecular weight is 410 g/mol. The molecule has 0 amide bonds. The fourth-order valence-electron chi connectivity index (χ4n) is 4.95. The minimum Gasteiger partial charge on any atom is -0.379 e. The predicted octanol–water partition coefficient (Wildman–Crippen LogP) is 4.06. The van der Waals surface area contributed by atoms with Gasteiger partial charge in [0.25, 0.3) is 0 Å². The van der Waals surface area contributed by atoms with E-state index in [1.54, 1.807) is 0 Å². The van der Waals surface area contributed by atoms with Gasteiger partial charge in [0.15, 0.2) is 0 Å². The van der Waals surface area contributed by atoms with Crippen LogP contribution >= 0.6 is 12.4 Å². The molecule has 1 aromatic rings. The van der Waals surface area contributed by atoms with Gasteiger partial charge in [-0.3, -0.25) is 0 Å². The Labute approximate surface area is 178 Å². The van der Waals surface area contributed by atoms with Crippen molar-refractivity contribution in [3.63, 3.8) is 0 Å². The molecule has 0 radical (unpaired) electrons. The predicted molar refractivity (Wildman–Crippen MR) is 120 cm³/mol. The zero-order valence-corrected chi connectivity index (χ0v) is 18.7. The van der Waals surface area contributed by atoms with Gasteiger partial charge < -0.3 is 20.7 Å². The Hall–Kier alpha value is -0.650. The molecule has 3 N–H and O–H groups in total. The lowest BCUT2D eigenvalue weighted by molar-refractivity contribution is 0.0517. The Morgan fingerprint density at radius 2 is 1.93 bits per heavy atom. The third-order valence-electron chi connectivity index (χ3n) is 6.92. The third kappa shape index (κ3) is 5.93. The first kappa shape index (κ1) is 23.6. The molecule has 4 unspecified atom stereocenters. The molecular formula is C23H40ClN3O. The molecule has 0 aromatic heterocycles. The molecule has 2 fully saturated rings. The maximum absolute atomic E-state index is 5.73. The van der Waals surface area contributed by atoms with Crippen LogP contribution in [0.3, 0.4) is 0 Å². The van der Waals surface area contributed by atoms with Crippen LogP contribution in [0.5, 0.6) is 0 Å². The summed E-state index contributed by atoms with van der Waals surface area (Å²) in [4.78, 5) is 0. The molecular weight excluding hydrogens is 370 g/mol. The molecule has 1 saturated heterocycles. The molecule has 2 aliphatic rings. The van der Waals surface area contributed by atoms with Gasteiger partial charge in [-0.1, -0.05) is 50.6 Å². The van der Waals surface area contributed by atoms with E-state index in [2.05, 4.69) is 67.1 Å². The van der Waals surface area contributed by atoms with Crippen molar-refractivity contribution < 1.29 is 4.74 Å². The molecule has 0 bridgehead atoms. The first-order valence-corrected chi connectivity index (χ1v) is 11.0. The van der Waals surface area contributed by atoms with E-state index in [-0.39, 0.29) is 17.9 Å². The zero-order chi connectivity index (χ0) is 19.1. The van der Waals surface area contributed by atoms with E-state index >= 15 is 0 Å². The van der Waals surface area contributed by atoms with Gasteiger partial charge in [-0.15, -0.1) is 12.4 Å². The topological polar surface area (TPSA) is 45.3 Å². The summed E-state index contributed by atoms with van der Waals surface area (Å²) >= 11 is 0. The van der Waals surface area contributed by atoms with Crippen LogP contribution in [0.15, 0.2) is 30.3 Å². The largest absolute Gasteiger partial charge is 0.379 e. The van der Waals surface area contributed by atoms with E-state index in [0.29, 0.717) is 24.0 Å². The van der Waals surface area contributed by atoms with Crippen LogP contribution < -0.4 is 16.0 Å². The highest BCUT2D eigenvalue weighted by Crippen LogP contribution is 2.30. The van der Waals surface area contributed by atoms with Crippen LogP contribution in [-0.4, -0.2) is 43.9 Å². The molecule has 5 heteroatoms. The summed E-state index contributed by atoms with van der Waals surface area (Å²) in [6.45, 7) is 10.7. The second-order valence-corrected chi connectivity index (χ2v) is 8.48. The Morgan fingerprint density at radius 1 is 1.18 bits per heavy atom. The molecule has 1 saturated carbocycles. The molecule has 28 heavy (non-hydrogen) atoms. The highest BCUT2D eigenvalue weighted by Gasteiger charge is 2.36. The van der Waals surface area contributed by atoms with Crippen molar-refractivity contribution in [1.82, 2.24) is 16.0 Å². The van der Waals surface area contributed by atoms with Gasteiger partial charge in [0.2, 0.25) is 0 Å². The number of halogens is 1. The average Bonchev–Trinajstić information content (AvgIpc) is 3.21. The molecule has 4 nitrogen and oxygen atoms in total. The lowest BCUT2D eigenvalue weighted by Crippen LogP contribution is -2.57. The number of hydrogen-bond acceptors (Lipinski definition) is 4. The summed E-state index contributed by atoms with van der Waals surface area (Å²) in [5, 5.41) is 11.6. The summed E-state index contributed by atoms with van der Waals surface area (Å²) in [5.74, 6) is 0.697. The highest BCUT2D eigenvalue weighted by atomic mass is 35.5. The smallest absolute Gasteiger partial charge is 0.0623 e. The van der Waals surface area contributed by atoms with E-state index in [9.17, 15) is 0 Å². The van der Waals surface area contributed by atoms with E-state index in [0.717, 1.165) is 39.1 Å². The number of morpholine rings is 1. The van der Waals surface area contributed by atoms with Gasteiger partial charge in [-0.2, -0.15) is 0 Å². The Kier molecular flexibility index (Phi) is 9.72. The van der Waals surface area contributed by atoms with E-state index in [4.69, 9.17) is 4.74 Å². The third-order valence-corrected chi connectivity index (χ3v) is 6.92. The summed E-state index contributed by atoms with van der Waals surface area (Å²) in [7, 11) is 0. The number of ether oxygens (including phenoxy) is 1. The van der Waals surface area contributed by atoms with E-state index in [1.807, 2.05) is 0 Å². The van der Waals surface area contributed by atoms with Crippen LogP contribution in [-0.2, 0) is 4.74 Å². The van der Waals surface area contributed by atoms with Crippen LogP contribution in [0.2, 0.25) is 0 Å². The second-order valence-electron chi connectivity index (χ2n) is 8.48. The van der Waals surface area contributed by atoms with Gasteiger partial charge >= 0.3 is 0 Å². The van der Waals surface area contributed by atoms with Gasteiger partial charge in [0.1, 0.15) is 0 Å². The molecule has 160 valence electrons. The quantitative estimate of drug-likeness (QED) is 0.575. The van der Waals surface area contributed by atoms with Gasteiger partial charge in [-0.05, 0) is 44.1 Å². The maximum atomic E-state index is 5.73. The molecule has 1 aliphatic carbocycles.